The van der Waals surface area contributed by atoms with E-state index in [0.717, 1.165) is 5.69 Å². The van der Waals surface area contributed by atoms with Gasteiger partial charge >= 0.3 is 5.97 Å². The molecule has 0 saturated carbocycles. The average Bonchev–Trinajstić information content (AvgIpc) is 3.09. The van der Waals surface area contributed by atoms with E-state index in [2.05, 4.69) is 17.2 Å². The van der Waals surface area contributed by atoms with Gasteiger partial charge in [0.2, 0.25) is 11.8 Å². The van der Waals surface area contributed by atoms with Gasteiger partial charge in [-0.25, -0.2) is 0 Å². The van der Waals surface area contributed by atoms with Gasteiger partial charge in [-0.2, -0.15) is 5.26 Å². The molecule has 0 bridgehead atoms. The van der Waals surface area contributed by atoms with Gasteiger partial charge in [-0.3, -0.25) is 14.4 Å². The first kappa shape index (κ1) is 27.2. The minimum absolute atomic E-state index is 0.0140. The maximum absolute atomic E-state index is 12.9. The van der Waals surface area contributed by atoms with E-state index >= 15 is 0 Å². The van der Waals surface area contributed by atoms with Crippen LogP contribution in [0.5, 0.6) is 0 Å². The summed E-state index contributed by atoms with van der Waals surface area (Å²) in [5.41, 5.74) is 1.54. The number of likely N-dealkylation sites (N-methyl/N-ethyl adjacent to an activating group) is 1. The zero-order valence-corrected chi connectivity index (χ0v) is 20.8. The number of amides is 2. The van der Waals surface area contributed by atoms with E-state index in [0.29, 0.717) is 31.7 Å². The quantitative estimate of drug-likeness (QED) is 0.322. The van der Waals surface area contributed by atoms with Crippen molar-refractivity contribution in [2.45, 2.75) is 30.4 Å². The summed E-state index contributed by atoms with van der Waals surface area (Å²) in [7, 11) is 3.66. The van der Waals surface area contributed by atoms with Crippen molar-refractivity contribution < 1.29 is 19.1 Å². The first-order valence-corrected chi connectivity index (χ1v) is 12.1. The lowest BCUT2D eigenvalue weighted by Gasteiger charge is -2.23. The van der Waals surface area contributed by atoms with E-state index < -0.39 is 11.9 Å². The Labute approximate surface area is 205 Å². The number of ether oxygens (including phenoxy) is 1. The lowest BCUT2D eigenvalue weighted by molar-refractivity contribution is -0.146. The van der Waals surface area contributed by atoms with Gasteiger partial charge < -0.3 is 25.2 Å². The Morgan fingerprint density at radius 3 is 2.76 bits per heavy atom. The Hall–Kier alpha value is -3.03. The molecule has 1 heterocycles. The molecule has 2 amide bonds. The maximum atomic E-state index is 12.9. The smallest absolute Gasteiger partial charge is 0.323 e. The summed E-state index contributed by atoms with van der Waals surface area (Å²) in [5, 5.41) is 15.1. The minimum Gasteiger partial charge on any atom is -0.460 e. The summed E-state index contributed by atoms with van der Waals surface area (Å²) in [6.45, 7) is 6.81. The summed E-state index contributed by atoms with van der Waals surface area (Å²) in [5.74, 6) is -1.60. The molecule has 3 unspecified atom stereocenters. The second-order valence-corrected chi connectivity index (χ2v) is 9.51. The standard InChI is InChI=1S/C24H33N5O4S/c1-5-12-33-24(32)17(15-25)13-22-29(6-2)23(31)20(34-22)10-11-26-18-8-7-9-19(14-18)27-21(30)16-28(3)4/h5,7-9,14,17,20,22,26H,1,6,10-13,16H2,2-4H3,(H,27,30). The number of nitriles is 1. The number of esters is 1. The van der Waals surface area contributed by atoms with Crippen LogP contribution in [-0.4, -0.2) is 78.5 Å². The molecule has 1 aliphatic rings. The first-order chi connectivity index (χ1) is 16.3. The lowest BCUT2D eigenvalue weighted by Crippen LogP contribution is -2.36. The Morgan fingerprint density at radius 1 is 1.38 bits per heavy atom. The van der Waals surface area contributed by atoms with E-state index in [1.54, 1.807) is 9.80 Å². The number of rotatable bonds is 13. The average molecular weight is 488 g/mol. The fraction of sp³-hybridized carbons (Fsp3) is 0.500. The Kier molecular flexibility index (Phi) is 10.9. The molecule has 1 aliphatic heterocycles. The molecule has 0 radical (unpaired) electrons. The van der Waals surface area contributed by atoms with Crippen LogP contribution >= 0.6 is 11.8 Å². The summed E-state index contributed by atoms with van der Waals surface area (Å²) in [6, 6.07) is 9.43. The highest BCUT2D eigenvalue weighted by atomic mass is 32.2. The fourth-order valence-electron chi connectivity index (χ4n) is 3.57. The van der Waals surface area contributed by atoms with Crippen LogP contribution in [-0.2, 0) is 19.1 Å². The second kappa shape index (κ2) is 13.6. The Balaban J connectivity index is 1.90. The van der Waals surface area contributed by atoms with Crippen molar-refractivity contribution in [1.82, 2.24) is 9.80 Å². The molecule has 34 heavy (non-hydrogen) atoms. The number of thioether (sulfide) groups is 1. The summed E-state index contributed by atoms with van der Waals surface area (Å²) in [4.78, 5) is 40.5. The summed E-state index contributed by atoms with van der Waals surface area (Å²) in [6.07, 6.45) is 2.27. The topological polar surface area (TPSA) is 115 Å². The van der Waals surface area contributed by atoms with E-state index in [4.69, 9.17) is 4.74 Å². The van der Waals surface area contributed by atoms with Crippen LogP contribution in [0.4, 0.5) is 11.4 Å². The van der Waals surface area contributed by atoms with E-state index in [1.807, 2.05) is 51.4 Å². The molecule has 0 aromatic heterocycles. The van der Waals surface area contributed by atoms with Gasteiger partial charge in [0.1, 0.15) is 12.5 Å². The van der Waals surface area contributed by atoms with Crippen LogP contribution in [0.3, 0.4) is 0 Å². The predicted octanol–water partition coefficient (Wildman–Crippen LogP) is 2.54. The molecule has 1 aromatic carbocycles. The van der Waals surface area contributed by atoms with Crippen LogP contribution < -0.4 is 10.6 Å². The van der Waals surface area contributed by atoms with Crippen LogP contribution in [0.15, 0.2) is 36.9 Å². The van der Waals surface area contributed by atoms with Crippen molar-refractivity contribution in [3.05, 3.63) is 36.9 Å². The zero-order chi connectivity index (χ0) is 25.1. The Bertz CT molecular complexity index is 917. The largest absolute Gasteiger partial charge is 0.460 e. The highest BCUT2D eigenvalue weighted by molar-refractivity contribution is 8.01. The van der Waals surface area contributed by atoms with Gasteiger partial charge in [0.15, 0.2) is 0 Å². The zero-order valence-electron chi connectivity index (χ0n) is 20.0. The number of nitrogens with one attached hydrogen (secondary N) is 2. The van der Waals surface area contributed by atoms with Crippen LogP contribution in [0.2, 0.25) is 0 Å². The van der Waals surface area contributed by atoms with Crippen molar-refractivity contribution in [2.75, 3.05) is 51.0 Å². The van der Waals surface area contributed by atoms with E-state index in [9.17, 15) is 19.6 Å². The second-order valence-electron chi connectivity index (χ2n) is 8.12. The van der Waals surface area contributed by atoms with Crippen molar-refractivity contribution in [3.63, 3.8) is 0 Å². The number of carbonyl (C=O) groups is 3. The highest BCUT2D eigenvalue weighted by Gasteiger charge is 2.41. The number of hydrogen-bond acceptors (Lipinski definition) is 8. The molecule has 184 valence electrons. The third-order valence-corrected chi connectivity index (χ3v) is 6.66. The number of hydrogen-bond donors (Lipinski definition) is 2. The number of anilines is 2. The van der Waals surface area contributed by atoms with Crippen LogP contribution in [0.25, 0.3) is 0 Å². The number of carbonyl (C=O) groups excluding carboxylic acids is 3. The summed E-state index contributed by atoms with van der Waals surface area (Å²) < 4.78 is 5.01. The molecule has 2 N–H and O–H groups in total. The van der Waals surface area contributed by atoms with E-state index in [-0.39, 0.29) is 35.5 Å². The third-order valence-electron chi connectivity index (χ3n) is 5.13. The van der Waals surface area contributed by atoms with Gasteiger partial charge in [-0.05, 0) is 45.6 Å². The monoisotopic (exact) mass is 487 g/mol. The van der Waals surface area contributed by atoms with Gasteiger partial charge in [0.05, 0.1) is 23.2 Å². The van der Waals surface area contributed by atoms with Crippen LogP contribution in [0, 0.1) is 17.2 Å². The molecule has 3 atom stereocenters. The van der Waals surface area contributed by atoms with Crippen molar-refractivity contribution in [2.24, 2.45) is 5.92 Å². The van der Waals surface area contributed by atoms with Gasteiger partial charge in [0, 0.05) is 30.9 Å². The van der Waals surface area contributed by atoms with Gasteiger partial charge in [-0.15, -0.1) is 11.8 Å². The third kappa shape index (κ3) is 8.08. The van der Waals surface area contributed by atoms with Crippen LogP contribution in [0.1, 0.15) is 19.8 Å². The van der Waals surface area contributed by atoms with Gasteiger partial charge in [-0.1, -0.05) is 18.7 Å². The summed E-state index contributed by atoms with van der Waals surface area (Å²) >= 11 is 1.48. The van der Waals surface area contributed by atoms with Crippen molar-refractivity contribution in [1.29, 1.82) is 5.26 Å². The number of benzene rings is 1. The molecule has 9 nitrogen and oxygen atoms in total. The lowest BCUT2D eigenvalue weighted by atomic mass is 10.1. The SMILES string of the molecule is C=CCOC(=O)C(C#N)CC1SC(CCNc2cccc(NC(=O)CN(C)C)c2)C(=O)N1CC. The predicted molar refractivity (Wildman–Crippen MR) is 134 cm³/mol. The molecule has 2 rings (SSSR count). The molecule has 1 saturated heterocycles. The maximum Gasteiger partial charge on any atom is 0.323 e. The van der Waals surface area contributed by atoms with E-state index in [1.165, 1.54) is 17.8 Å². The first-order valence-electron chi connectivity index (χ1n) is 11.2. The molecule has 0 aliphatic carbocycles. The molecular weight excluding hydrogens is 454 g/mol. The molecule has 1 aromatic rings. The van der Waals surface area contributed by atoms with Gasteiger partial charge in [0.25, 0.3) is 0 Å². The minimum atomic E-state index is -0.929. The molecular formula is C24H33N5O4S. The normalized spacial score (nSPS) is 18.3. The molecule has 0 spiro atoms. The van der Waals surface area contributed by atoms with Crippen molar-refractivity contribution in [3.8, 4) is 6.07 Å². The van der Waals surface area contributed by atoms with Crippen molar-refractivity contribution >= 4 is 40.9 Å². The Morgan fingerprint density at radius 2 is 2.12 bits per heavy atom. The number of nitrogens with zero attached hydrogens (tertiary/aromatic N) is 3. The molecule has 10 heteroatoms. The molecule has 1 fully saturated rings. The highest BCUT2D eigenvalue weighted by Crippen LogP contribution is 2.37. The fourth-order valence-corrected chi connectivity index (χ4v) is 5.16.